The molecular formula is C17H26BrN3. The molecule has 2 N–H and O–H groups in total. The van der Waals surface area contributed by atoms with E-state index in [0.717, 1.165) is 17.1 Å². The van der Waals surface area contributed by atoms with Gasteiger partial charge in [0, 0.05) is 35.7 Å². The predicted octanol–water partition coefficient (Wildman–Crippen LogP) is 3.01. The SMILES string of the molecule is CC(N)C(c1cccc(Br)c1)N1CC2CCCN2CC1C. The normalized spacial score (nSPS) is 30.1. The van der Waals surface area contributed by atoms with Gasteiger partial charge in [0.25, 0.3) is 0 Å². The lowest BCUT2D eigenvalue weighted by molar-refractivity contribution is 0.0206. The van der Waals surface area contributed by atoms with Crippen LogP contribution in [0.4, 0.5) is 0 Å². The van der Waals surface area contributed by atoms with E-state index in [-0.39, 0.29) is 6.04 Å². The maximum atomic E-state index is 6.38. The van der Waals surface area contributed by atoms with Gasteiger partial charge in [0.1, 0.15) is 0 Å². The Morgan fingerprint density at radius 1 is 1.33 bits per heavy atom. The first-order chi connectivity index (χ1) is 10.1. The third-order valence-corrected chi connectivity index (χ3v) is 5.52. The Kier molecular flexibility index (Phi) is 4.69. The molecule has 2 saturated heterocycles. The van der Waals surface area contributed by atoms with Crippen molar-refractivity contribution in [2.45, 2.75) is 50.9 Å². The molecule has 2 aliphatic rings. The van der Waals surface area contributed by atoms with E-state index in [9.17, 15) is 0 Å². The minimum absolute atomic E-state index is 0.134. The van der Waals surface area contributed by atoms with Gasteiger partial charge in [-0.2, -0.15) is 0 Å². The molecule has 3 nitrogen and oxygen atoms in total. The fourth-order valence-corrected chi connectivity index (χ4v) is 4.50. The average Bonchev–Trinajstić information content (AvgIpc) is 2.86. The number of halogens is 1. The van der Waals surface area contributed by atoms with E-state index in [1.54, 1.807) is 0 Å². The van der Waals surface area contributed by atoms with Crippen molar-refractivity contribution in [2.24, 2.45) is 5.73 Å². The van der Waals surface area contributed by atoms with E-state index < -0.39 is 0 Å². The third-order valence-electron chi connectivity index (χ3n) is 5.03. The summed E-state index contributed by atoms with van der Waals surface area (Å²) < 4.78 is 1.14. The van der Waals surface area contributed by atoms with Gasteiger partial charge in [-0.15, -0.1) is 0 Å². The number of hydrogen-bond acceptors (Lipinski definition) is 3. The Bertz CT molecular complexity index is 491. The lowest BCUT2D eigenvalue weighted by Crippen LogP contribution is -2.58. The van der Waals surface area contributed by atoms with Gasteiger partial charge in [-0.1, -0.05) is 28.1 Å². The summed E-state index contributed by atoms with van der Waals surface area (Å²) in [6, 6.07) is 10.4. The smallest absolute Gasteiger partial charge is 0.0500 e. The van der Waals surface area contributed by atoms with E-state index in [0.29, 0.717) is 12.1 Å². The van der Waals surface area contributed by atoms with Crippen molar-refractivity contribution < 1.29 is 0 Å². The highest BCUT2D eigenvalue weighted by molar-refractivity contribution is 9.10. The molecule has 0 bridgehead atoms. The molecule has 2 fully saturated rings. The van der Waals surface area contributed by atoms with Gasteiger partial charge in [0.15, 0.2) is 0 Å². The van der Waals surface area contributed by atoms with E-state index in [2.05, 4.69) is 63.8 Å². The number of nitrogens with zero attached hydrogens (tertiary/aromatic N) is 2. The molecule has 0 saturated carbocycles. The van der Waals surface area contributed by atoms with Gasteiger partial charge < -0.3 is 5.73 Å². The molecule has 116 valence electrons. The van der Waals surface area contributed by atoms with Crippen LogP contribution in [0.5, 0.6) is 0 Å². The molecule has 0 amide bonds. The molecule has 2 aliphatic heterocycles. The average molecular weight is 352 g/mol. The Hall–Kier alpha value is -0.420. The van der Waals surface area contributed by atoms with E-state index in [4.69, 9.17) is 5.73 Å². The van der Waals surface area contributed by atoms with Crippen LogP contribution in [-0.2, 0) is 0 Å². The highest BCUT2D eigenvalue weighted by atomic mass is 79.9. The molecule has 4 atom stereocenters. The second-order valence-corrected chi connectivity index (χ2v) is 7.61. The van der Waals surface area contributed by atoms with Crippen LogP contribution in [0.15, 0.2) is 28.7 Å². The van der Waals surface area contributed by atoms with Crippen LogP contribution in [0.25, 0.3) is 0 Å². The summed E-state index contributed by atoms with van der Waals surface area (Å²) in [4.78, 5) is 5.30. The first kappa shape index (κ1) is 15.5. The fraction of sp³-hybridized carbons (Fsp3) is 0.647. The van der Waals surface area contributed by atoms with Crippen molar-refractivity contribution in [1.82, 2.24) is 9.80 Å². The van der Waals surface area contributed by atoms with Gasteiger partial charge in [0.2, 0.25) is 0 Å². The summed E-state index contributed by atoms with van der Waals surface area (Å²) in [5.74, 6) is 0. The number of fused-ring (bicyclic) bond motifs is 1. The Labute approximate surface area is 136 Å². The lowest BCUT2D eigenvalue weighted by Gasteiger charge is -2.47. The van der Waals surface area contributed by atoms with Crippen LogP contribution < -0.4 is 5.73 Å². The van der Waals surface area contributed by atoms with Crippen LogP contribution in [-0.4, -0.2) is 47.6 Å². The zero-order chi connectivity index (χ0) is 15.0. The van der Waals surface area contributed by atoms with Crippen LogP contribution in [0.2, 0.25) is 0 Å². The maximum absolute atomic E-state index is 6.38. The fourth-order valence-electron chi connectivity index (χ4n) is 4.09. The predicted molar refractivity (Wildman–Crippen MR) is 91.3 cm³/mol. The number of hydrogen-bond donors (Lipinski definition) is 1. The maximum Gasteiger partial charge on any atom is 0.0500 e. The van der Waals surface area contributed by atoms with Crippen molar-refractivity contribution >= 4 is 15.9 Å². The summed E-state index contributed by atoms with van der Waals surface area (Å²) in [5, 5.41) is 0. The number of benzene rings is 1. The van der Waals surface area contributed by atoms with E-state index in [1.807, 2.05) is 0 Å². The Morgan fingerprint density at radius 3 is 2.86 bits per heavy atom. The molecule has 21 heavy (non-hydrogen) atoms. The second kappa shape index (κ2) is 6.37. The lowest BCUT2D eigenvalue weighted by atomic mass is 9.95. The first-order valence-electron chi connectivity index (χ1n) is 8.07. The topological polar surface area (TPSA) is 32.5 Å². The molecule has 2 heterocycles. The molecule has 4 heteroatoms. The standard InChI is InChI=1S/C17H26BrN3/c1-12-10-20-8-4-7-16(20)11-21(12)17(13(2)19)14-5-3-6-15(18)9-14/h3,5-6,9,12-13,16-17H,4,7-8,10-11,19H2,1-2H3. The molecule has 1 aromatic rings. The zero-order valence-corrected chi connectivity index (χ0v) is 14.6. The largest absolute Gasteiger partial charge is 0.326 e. The summed E-state index contributed by atoms with van der Waals surface area (Å²) in [6.07, 6.45) is 2.69. The monoisotopic (exact) mass is 351 g/mol. The summed E-state index contributed by atoms with van der Waals surface area (Å²) in [5.41, 5.74) is 7.71. The zero-order valence-electron chi connectivity index (χ0n) is 13.0. The number of rotatable bonds is 3. The quantitative estimate of drug-likeness (QED) is 0.908. The van der Waals surface area contributed by atoms with Gasteiger partial charge in [-0.05, 0) is 50.9 Å². The molecule has 3 rings (SSSR count). The summed E-state index contributed by atoms with van der Waals surface area (Å²) in [7, 11) is 0. The van der Waals surface area contributed by atoms with Crippen molar-refractivity contribution in [2.75, 3.05) is 19.6 Å². The van der Waals surface area contributed by atoms with Crippen LogP contribution in [0.1, 0.15) is 38.3 Å². The van der Waals surface area contributed by atoms with Gasteiger partial charge in [0.05, 0.1) is 6.04 Å². The minimum Gasteiger partial charge on any atom is -0.326 e. The van der Waals surface area contributed by atoms with Crippen molar-refractivity contribution in [3.8, 4) is 0 Å². The molecule has 4 unspecified atom stereocenters. The van der Waals surface area contributed by atoms with Crippen molar-refractivity contribution in [1.29, 1.82) is 0 Å². The van der Waals surface area contributed by atoms with Crippen molar-refractivity contribution in [3.63, 3.8) is 0 Å². The molecule has 1 aromatic carbocycles. The van der Waals surface area contributed by atoms with Crippen LogP contribution >= 0.6 is 15.9 Å². The summed E-state index contributed by atoms with van der Waals surface area (Å²) in [6.45, 7) is 8.10. The molecule has 0 radical (unpaired) electrons. The molecule has 0 aromatic heterocycles. The first-order valence-corrected chi connectivity index (χ1v) is 8.86. The van der Waals surface area contributed by atoms with Gasteiger partial charge in [-0.3, -0.25) is 9.80 Å². The Balaban J connectivity index is 1.86. The van der Waals surface area contributed by atoms with Gasteiger partial charge in [-0.25, -0.2) is 0 Å². The molecule has 0 spiro atoms. The highest BCUT2D eigenvalue weighted by Gasteiger charge is 2.38. The molecular weight excluding hydrogens is 326 g/mol. The number of nitrogens with two attached hydrogens (primary N) is 1. The van der Waals surface area contributed by atoms with Crippen LogP contribution in [0.3, 0.4) is 0 Å². The van der Waals surface area contributed by atoms with Gasteiger partial charge >= 0.3 is 0 Å². The van der Waals surface area contributed by atoms with Crippen molar-refractivity contribution in [3.05, 3.63) is 34.3 Å². The second-order valence-electron chi connectivity index (χ2n) is 6.70. The third kappa shape index (κ3) is 3.19. The van der Waals surface area contributed by atoms with Crippen LogP contribution in [0, 0.1) is 0 Å². The number of piperazine rings is 1. The van der Waals surface area contributed by atoms with E-state index in [1.165, 1.54) is 31.5 Å². The minimum atomic E-state index is 0.134. The summed E-state index contributed by atoms with van der Waals surface area (Å²) >= 11 is 3.60. The molecule has 0 aliphatic carbocycles. The van der Waals surface area contributed by atoms with E-state index >= 15 is 0 Å². The highest BCUT2D eigenvalue weighted by Crippen LogP contribution is 2.33. The Morgan fingerprint density at radius 2 is 2.14 bits per heavy atom.